The molecule has 1 aliphatic rings. The molecule has 9 heteroatoms. The third-order valence-electron chi connectivity index (χ3n) is 3.91. The zero-order valence-electron chi connectivity index (χ0n) is 14.6. The normalized spacial score (nSPS) is 12.8. The first kappa shape index (κ1) is 17.9. The van der Waals surface area contributed by atoms with Crippen LogP contribution in [0.3, 0.4) is 0 Å². The molecule has 0 fully saturated rings. The average Bonchev–Trinajstić information content (AvgIpc) is 3.37. The highest BCUT2D eigenvalue weighted by Crippen LogP contribution is 2.39. The van der Waals surface area contributed by atoms with E-state index < -0.39 is 0 Å². The van der Waals surface area contributed by atoms with Gasteiger partial charge >= 0.3 is 0 Å². The third kappa shape index (κ3) is 4.09. The molecule has 1 aromatic carbocycles. The van der Waals surface area contributed by atoms with Gasteiger partial charge in [-0.25, -0.2) is 0 Å². The van der Waals surface area contributed by atoms with E-state index in [-0.39, 0.29) is 12.3 Å². The van der Waals surface area contributed by atoms with E-state index >= 15 is 0 Å². The zero-order chi connectivity index (χ0) is 18.6. The Balaban J connectivity index is 1.39. The SMILES string of the molecule is CSc1cc2c(cc1NC(=O)CCc1nc(-c3cccs3)no1)OCCO2. The topological polar surface area (TPSA) is 86.5 Å². The molecule has 0 saturated carbocycles. The summed E-state index contributed by atoms with van der Waals surface area (Å²) in [4.78, 5) is 18.6. The number of ether oxygens (including phenoxy) is 2. The first-order valence-corrected chi connectivity index (χ1v) is 10.5. The minimum absolute atomic E-state index is 0.127. The Bertz CT molecular complexity index is 940. The van der Waals surface area contributed by atoms with Gasteiger partial charge in [-0.05, 0) is 23.8 Å². The second-order valence-corrected chi connectivity index (χ2v) is 7.53. The molecule has 1 amide bonds. The van der Waals surface area contributed by atoms with Crippen LogP contribution < -0.4 is 14.8 Å². The van der Waals surface area contributed by atoms with Crippen LogP contribution in [0.25, 0.3) is 10.7 Å². The van der Waals surface area contributed by atoms with Crippen LogP contribution in [-0.2, 0) is 11.2 Å². The fourth-order valence-corrected chi connectivity index (χ4v) is 3.84. The second-order valence-electron chi connectivity index (χ2n) is 5.73. The number of nitrogens with zero attached hydrogens (tertiary/aromatic N) is 2. The summed E-state index contributed by atoms with van der Waals surface area (Å²) in [7, 11) is 0. The second kappa shape index (κ2) is 8.01. The number of thioether (sulfide) groups is 1. The lowest BCUT2D eigenvalue weighted by atomic mass is 10.2. The van der Waals surface area contributed by atoms with Gasteiger partial charge in [0.15, 0.2) is 11.5 Å². The van der Waals surface area contributed by atoms with Crippen molar-refractivity contribution in [3.63, 3.8) is 0 Å². The van der Waals surface area contributed by atoms with Gasteiger partial charge in [-0.2, -0.15) is 4.98 Å². The lowest BCUT2D eigenvalue weighted by Gasteiger charge is -2.20. The summed E-state index contributed by atoms with van der Waals surface area (Å²) in [6, 6.07) is 7.55. The fourth-order valence-electron chi connectivity index (χ4n) is 2.63. The quantitative estimate of drug-likeness (QED) is 0.625. The van der Waals surface area contributed by atoms with Gasteiger partial charge in [0, 0.05) is 23.8 Å². The molecule has 4 rings (SSSR count). The molecule has 3 aromatic rings. The molecule has 0 spiro atoms. The van der Waals surface area contributed by atoms with E-state index in [1.165, 1.54) is 11.8 Å². The molecule has 7 nitrogen and oxygen atoms in total. The summed E-state index contributed by atoms with van der Waals surface area (Å²) in [5, 5.41) is 8.84. The van der Waals surface area contributed by atoms with Crippen molar-refractivity contribution in [1.82, 2.24) is 10.1 Å². The minimum atomic E-state index is -0.127. The smallest absolute Gasteiger partial charge is 0.227 e. The molecule has 1 aliphatic heterocycles. The molecule has 0 atom stereocenters. The molecule has 140 valence electrons. The molecule has 0 saturated heterocycles. The molecule has 0 bridgehead atoms. The summed E-state index contributed by atoms with van der Waals surface area (Å²) in [6.45, 7) is 1.03. The van der Waals surface area contributed by atoms with Crippen molar-refractivity contribution < 1.29 is 18.8 Å². The van der Waals surface area contributed by atoms with Crippen LogP contribution >= 0.6 is 23.1 Å². The predicted octanol–water partition coefficient (Wildman–Crippen LogP) is 3.86. The number of fused-ring (bicyclic) bond motifs is 1. The molecule has 0 aliphatic carbocycles. The number of thiophene rings is 1. The van der Waals surface area contributed by atoms with Crippen LogP contribution in [-0.4, -0.2) is 35.5 Å². The third-order valence-corrected chi connectivity index (χ3v) is 5.56. The van der Waals surface area contributed by atoms with Gasteiger partial charge in [0.05, 0.1) is 10.6 Å². The number of rotatable bonds is 6. The van der Waals surface area contributed by atoms with Crippen LogP contribution in [0.15, 0.2) is 39.1 Å². The van der Waals surface area contributed by atoms with Crippen LogP contribution in [0.2, 0.25) is 0 Å². The van der Waals surface area contributed by atoms with Crippen molar-refractivity contribution in [2.24, 2.45) is 0 Å². The monoisotopic (exact) mass is 403 g/mol. The first-order valence-electron chi connectivity index (χ1n) is 8.37. The molecule has 1 N–H and O–H groups in total. The van der Waals surface area contributed by atoms with E-state index in [4.69, 9.17) is 14.0 Å². The molecule has 27 heavy (non-hydrogen) atoms. The highest BCUT2D eigenvalue weighted by molar-refractivity contribution is 7.98. The maximum absolute atomic E-state index is 12.4. The van der Waals surface area contributed by atoms with E-state index in [2.05, 4.69) is 15.5 Å². The minimum Gasteiger partial charge on any atom is -0.486 e. The van der Waals surface area contributed by atoms with Gasteiger partial charge in [-0.3, -0.25) is 4.79 Å². The number of aryl methyl sites for hydroxylation is 1. The summed E-state index contributed by atoms with van der Waals surface area (Å²) >= 11 is 3.08. The van der Waals surface area contributed by atoms with Gasteiger partial charge in [-0.15, -0.1) is 23.1 Å². The van der Waals surface area contributed by atoms with Crippen LogP contribution in [0, 0.1) is 0 Å². The van der Waals surface area contributed by atoms with Crippen molar-refractivity contribution in [1.29, 1.82) is 0 Å². The molecule has 3 heterocycles. The Morgan fingerprint density at radius 2 is 2.11 bits per heavy atom. The van der Waals surface area contributed by atoms with Crippen molar-refractivity contribution in [2.45, 2.75) is 17.7 Å². The molecule has 0 radical (unpaired) electrons. The van der Waals surface area contributed by atoms with E-state index in [0.29, 0.717) is 48.5 Å². The number of hydrogen-bond acceptors (Lipinski definition) is 8. The number of benzene rings is 1. The highest BCUT2D eigenvalue weighted by Gasteiger charge is 2.17. The molecular formula is C18H17N3O4S2. The van der Waals surface area contributed by atoms with Crippen molar-refractivity contribution >= 4 is 34.7 Å². The molecular weight excluding hydrogens is 386 g/mol. The Kier molecular flexibility index (Phi) is 5.30. The number of hydrogen-bond donors (Lipinski definition) is 1. The largest absolute Gasteiger partial charge is 0.486 e. The molecule has 2 aromatic heterocycles. The zero-order valence-corrected chi connectivity index (χ0v) is 16.2. The van der Waals surface area contributed by atoms with Crippen LogP contribution in [0.5, 0.6) is 11.5 Å². The fraction of sp³-hybridized carbons (Fsp3) is 0.278. The van der Waals surface area contributed by atoms with E-state index in [0.717, 1.165) is 9.77 Å². The Morgan fingerprint density at radius 3 is 2.85 bits per heavy atom. The number of carbonyl (C=O) groups is 1. The lowest BCUT2D eigenvalue weighted by molar-refractivity contribution is -0.116. The first-order chi connectivity index (χ1) is 13.2. The van der Waals surface area contributed by atoms with Crippen molar-refractivity contribution in [3.8, 4) is 22.2 Å². The Hall–Kier alpha value is -2.52. The van der Waals surface area contributed by atoms with Gasteiger partial charge in [-0.1, -0.05) is 11.2 Å². The summed E-state index contributed by atoms with van der Waals surface area (Å²) in [5.41, 5.74) is 0.710. The average molecular weight is 403 g/mol. The highest BCUT2D eigenvalue weighted by atomic mass is 32.2. The maximum Gasteiger partial charge on any atom is 0.227 e. The Labute approximate surface area is 164 Å². The van der Waals surface area contributed by atoms with Crippen molar-refractivity contribution in [2.75, 3.05) is 24.8 Å². The maximum atomic E-state index is 12.4. The Morgan fingerprint density at radius 1 is 1.30 bits per heavy atom. The number of nitrogens with one attached hydrogen (secondary N) is 1. The van der Waals surface area contributed by atoms with E-state index in [1.807, 2.05) is 29.8 Å². The number of amides is 1. The summed E-state index contributed by atoms with van der Waals surface area (Å²) in [5.74, 6) is 2.22. The summed E-state index contributed by atoms with van der Waals surface area (Å²) < 4.78 is 16.4. The molecule has 0 unspecified atom stereocenters. The van der Waals surface area contributed by atoms with Crippen LogP contribution in [0.1, 0.15) is 12.3 Å². The number of aromatic nitrogens is 2. The summed E-state index contributed by atoms with van der Waals surface area (Å²) in [6.07, 6.45) is 2.57. The van der Waals surface area contributed by atoms with Gasteiger partial charge in [0.25, 0.3) is 0 Å². The predicted molar refractivity (Wildman–Crippen MR) is 104 cm³/mol. The standard InChI is InChI=1S/C18H17N3O4S2/c1-26-15-10-13-12(23-6-7-24-13)9-11(15)19-16(22)4-5-17-20-18(21-25-17)14-3-2-8-27-14/h2-3,8-10H,4-7H2,1H3,(H,19,22). The van der Waals surface area contributed by atoms with Gasteiger partial charge in [0.2, 0.25) is 17.6 Å². The lowest BCUT2D eigenvalue weighted by Crippen LogP contribution is -2.17. The number of anilines is 1. The van der Waals surface area contributed by atoms with Crippen molar-refractivity contribution in [3.05, 3.63) is 35.5 Å². The van der Waals surface area contributed by atoms with E-state index in [1.54, 1.807) is 17.4 Å². The van der Waals surface area contributed by atoms with Crippen LogP contribution in [0.4, 0.5) is 5.69 Å². The van der Waals surface area contributed by atoms with Gasteiger partial charge < -0.3 is 19.3 Å². The van der Waals surface area contributed by atoms with E-state index in [9.17, 15) is 4.79 Å². The van der Waals surface area contributed by atoms with Gasteiger partial charge in [0.1, 0.15) is 13.2 Å². The number of carbonyl (C=O) groups excluding carboxylic acids is 1.